The molecule has 0 aliphatic carbocycles. The van der Waals surface area contributed by atoms with Gasteiger partial charge in [-0.05, 0) is 93.0 Å². The van der Waals surface area contributed by atoms with Gasteiger partial charge in [0.1, 0.15) is 5.84 Å². The lowest BCUT2D eigenvalue weighted by atomic mass is 9.93. The first-order chi connectivity index (χ1) is 31.2. The summed E-state index contributed by atoms with van der Waals surface area (Å²) in [6, 6.07) is 80.4. The maximum atomic E-state index is 5.64. The SMILES string of the molecule is CN1C(c2cc(-c3ccccc3)cc(-c3cccc(-c4ccc(-c5ccccc5)cc4)c3)c2)=NC(n2c3ccccc3c3ccccc32)=NC1n1c2ccccc2c2ccccc21. The van der Waals surface area contributed by atoms with Crippen LogP contribution >= 0.6 is 0 Å². The molecule has 0 radical (unpaired) electrons. The van der Waals surface area contributed by atoms with Gasteiger partial charge >= 0.3 is 0 Å². The molecule has 1 aliphatic rings. The van der Waals surface area contributed by atoms with Gasteiger partial charge in [-0.25, -0.2) is 4.99 Å². The summed E-state index contributed by atoms with van der Waals surface area (Å²) >= 11 is 0. The van der Waals surface area contributed by atoms with Crippen molar-refractivity contribution in [2.24, 2.45) is 9.98 Å². The van der Waals surface area contributed by atoms with Crippen molar-refractivity contribution in [3.8, 4) is 44.5 Å². The van der Waals surface area contributed by atoms with E-state index < -0.39 is 6.29 Å². The normalized spacial score (nSPS) is 14.1. The predicted molar refractivity (Wildman–Crippen MR) is 263 cm³/mol. The number of hydrogen-bond acceptors (Lipinski definition) is 3. The third-order valence-electron chi connectivity index (χ3n) is 12.6. The van der Waals surface area contributed by atoms with Crippen LogP contribution in [-0.4, -0.2) is 32.9 Å². The Morgan fingerprint density at radius 3 is 1.25 bits per heavy atom. The molecule has 63 heavy (non-hydrogen) atoms. The Labute approximate surface area is 365 Å². The number of rotatable bonds is 6. The van der Waals surface area contributed by atoms with Crippen LogP contribution in [0.3, 0.4) is 0 Å². The maximum absolute atomic E-state index is 5.64. The minimum atomic E-state index is -0.455. The number of hydrogen-bond donors (Lipinski definition) is 0. The summed E-state index contributed by atoms with van der Waals surface area (Å²) in [6.07, 6.45) is -0.455. The summed E-state index contributed by atoms with van der Waals surface area (Å²) < 4.78 is 4.62. The Morgan fingerprint density at radius 1 is 0.333 bits per heavy atom. The second-order valence-corrected chi connectivity index (χ2v) is 16.3. The number of amidine groups is 1. The zero-order chi connectivity index (χ0) is 41.9. The van der Waals surface area contributed by atoms with Gasteiger partial charge in [0.15, 0.2) is 0 Å². The monoisotopic (exact) mass is 807 g/mol. The fourth-order valence-corrected chi connectivity index (χ4v) is 9.53. The predicted octanol–water partition coefficient (Wildman–Crippen LogP) is 14.3. The summed E-state index contributed by atoms with van der Waals surface area (Å²) in [5.41, 5.74) is 14.6. The lowest BCUT2D eigenvalue weighted by molar-refractivity contribution is 0.296. The molecule has 1 aliphatic heterocycles. The van der Waals surface area contributed by atoms with Crippen molar-refractivity contribution in [1.82, 2.24) is 14.0 Å². The zero-order valence-corrected chi connectivity index (χ0v) is 34.7. The second kappa shape index (κ2) is 15.0. The van der Waals surface area contributed by atoms with Crippen LogP contribution in [-0.2, 0) is 0 Å². The first kappa shape index (κ1) is 36.6. The molecule has 2 aromatic heterocycles. The molecule has 5 nitrogen and oxygen atoms in total. The number of benzene rings is 9. The Bertz CT molecular complexity index is 3470. The van der Waals surface area contributed by atoms with Gasteiger partial charge in [-0.3, -0.25) is 4.57 Å². The van der Waals surface area contributed by atoms with Gasteiger partial charge in [-0.1, -0.05) is 176 Å². The van der Waals surface area contributed by atoms with Crippen molar-refractivity contribution in [3.05, 3.63) is 230 Å². The molecule has 0 N–H and O–H groups in total. The fraction of sp³-hybridized carbons (Fsp3) is 0.0345. The Morgan fingerprint density at radius 2 is 0.698 bits per heavy atom. The van der Waals surface area contributed by atoms with Crippen LogP contribution in [0.5, 0.6) is 0 Å². The average molecular weight is 808 g/mol. The van der Waals surface area contributed by atoms with Gasteiger partial charge < -0.3 is 9.47 Å². The molecule has 1 atom stereocenters. The molecular weight excluding hydrogens is 767 g/mol. The van der Waals surface area contributed by atoms with E-state index in [2.05, 4.69) is 246 Å². The van der Waals surface area contributed by atoms with E-state index in [9.17, 15) is 0 Å². The summed E-state index contributed by atoms with van der Waals surface area (Å²) in [7, 11) is 2.13. The number of para-hydroxylation sites is 4. The molecule has 5 heteroatoms. The molecule has 0 spiro atoms. The van der Waals surface area contributed by atoms with E-state index >= 15 is 0 Å². The van der Waals surface area contributed by atoms with Crippen molar-refractivity contribution in [1.29, 1.82) is 0 Å². The molecular formula is C58H41N5. The van der Waals surface area contributed by atoms with Crippen LogP contribution in [0, 0.1) is 0 Å². The van der Waals surface area contributed by atoms with Crippen molar-refractivity contribution in [3.63, 3.8) is 0 Å². The Balaban J connectivity index is 1.06. The smallest absolute Gasteiger partial charge is 0.235 e. The van der Waals surface area contributed by atoms with Gasteiger partial charge in [-0.2, -0.15) is 4.99 Å². The van der Waals surface area contributed by atoms with Crippen LogP contribution < -0.4 is 0 Å². The van der Waals surface area contributed by atoms with E-state index in [-0.39, 0.29) is 0 Å². The lowest BCUT2D eigenvalue weighted by Crippen LogP contribution is -2.39. The maximum Gasteiger partial charge on any atom is 0.235 e. The Hall–Kier alpha value is -8.28. The van der Waals surface area contributed by atoms with Crippen LogP contribution in [0.4, 0.5) is 0 Å². The molecule has 0 fully saturated rings. The molecule has 298 valence electrons. The van der Waals surface area contributed by atoms with E-state index in [1.807, 2.05) is 0 Å². The van der Waals surface area contributed by atoms with E-state index in [0.717, 1.165) is 61.3 Å². The lowest BCUT2D eigenvalue weighted by Gasteiger charge is -2.34. The summed E-state index contributed by atoms with van der Waals surface area (Å²) in [6.45, 7) is 0. The molecule has 9 aromatic carbocycles. The molecule has 1 unspecified atom stereocenters. The summed E-state index contributed by atoms with van der Waals surface area (Å²) in [5, 5.41) is 4.73. The van der Waals surface area contributed by atoms with Crippen LogP contribution in [0.2, 0.25) is 0 Å². The van der Waals surface area contributed by atoms with Gasteiger partial charge in [0.25, 0.3) is 0 Å². The quantitative estimate of drug-likeness (QED) is 0.165. The van der Waals surface area contributed by atoms with Crippen molar-refractivity contribution in [2.75, 3.05) is 7.05 Å². The van der Waals surface area contributed by atoms with Crippen LogP contribution in [0.15, 0.2) is 234 Å². The molecule has 0 saturated carbocycles. The number of aromatic nitrogens is 2. The highest BCUT2D eigenvalue weighted by Crippen LogP contribution is 2.38. The van der Waals surface area contributed by atoms with Crippen molar-refractivity contribution < 1.29 is 0 Å². The molecule has 0 amide bonds. The van der Waals surface area contributed by atoms with Crippen molar-refractivity contribution in [2.45, 2.75) is 6.29 Å². The van der Waals surface area contributed by atoms with Crippen molar-refractivity contribution >= 4 is 55.4 Å². The largest absolute Gasteiger partial charge is 0.320 e. The summed E-state index contributed by atoms with van der Waals surface area (Å²) in [5.74, 6) is 1.47. The first-order valence-corrected chi connectivity index (χ1v) is 21.5. The highest BCUT2D eigenvalue weighted by atomic mass is 15.4. The third-order valence-corrected chi connectivity index (χ3v) is 12.6. The van der Waals surface area contributed by atoms with E-state index in [1.54, 1.807) is 0 Å². The second-order valence-electron chi connectivity index (χ2n) is 16.3. The number of nitrogens with zero attached hydrogens (tertiary/aromatic N) is 5. The van der Waals surface area contributed by atoms with Gasteiger partial charge in [0, 0.05) is 34.2 Å². The van der Waals surface area contributed by atoms with E-state index in [0.29, 0.717) is 5.96 Å². The van der Waals surface area contributed by atoms with E-state index in [1.165, 1.54) is 38.2 Å². The zero-order valence-electron chi connectivity index (χ0n) is 34.7. The van der Waals surface area contributed by atoms with Gasteiger partial charge in [0.05, 0.1) is 22.1 Å². The number of aliphatic imine (C=N–C) groups is 2. The van der Waals surface area contributed by atoms with Gasteiger partial charge in [0.2, 0.25) is 12.2 Å². The van der Waals surface area contributed by atoms with E-state index in [4.69, 9.17) is 9.98 Å². The van der Waals surface area contributed by atoms with Crippen LogP contribution in [0.1, 0.15) is 11.9 Å². The molecule has 0 saturated heterocycles. The third kappa shape index (κ3) is 6.24. The topological polar surface area (TPSA) is 37.8 Å². The highest BCUT2D eigenvalue weighted by molar-refractivity contribution is 6.17. The molecule has 11 aromatic rings. The Kier molecular flexibility index (Phi) is 8.71. The van der Waals surface area contributed by atoms with Gasteiger partial charge in [-0.15, -0.1) is 0 Å². The standard InChI is InChI=1S/C58H41N5/c1-61-56(47-37-45(40-19-6-3-7-20-40)36-46(38-47)44-22-16-21-43(35-44)42-33-31-41(32-34-42)39-17-4-2-5-18-39)59-57(62-52-27-12-8-23-48(52)49-24-9-13-28-53(49)62)60-58(61)63-54-29-14-10-25-50(54)51-26-11-15-30-55(51)63/h2-38,58H,1H3. The van der Waals surface area contributed by atoms with Crippen LogP contribution in [0.25, 0.3) is 88.1 Å². The molecule has 3 heterocycles. The average Bonchev–Trinajstić information content (AvgIpc) is 3.88. The first-order valence-electron chi connectivity index (χ1n) is 21.5. The summed E-state index contributed by atoms with van der Waals surface area (Å²) in [4.78, 5) is 13.5. The molecule has 12 rings (SSSR count). The minimum Gasteiger partial charge on any atom is -0.320 e. The fourth-order valence-electron chi connectivity index (χ4n) is 9.53. The number of fused-ring (bicyclic) bond motifs is 6. The minimum absolute atomic E-state index is 0.455. The highest BCUT2D eigenvalue weighted by Gasteiger charge is 2.31. The molecule has 0 bridgehead atoms.